The largest absolute Gasteiger partial charge is 0.0654 e. The van der Waals surface area contributed by atoms with Crippen molar-refractivity contribution in [1.29, 1.82) is 0 Å². The van der Waals surface area contributed by atoms with E-state index in [0.717, 1.165) is 35.5 Å². The molecule has 2 atom stereocenters. The van der Waals surface area contributed by atoms with Crippen molar-refractivity contribution < 1.29 is 0 Å². The summed E-state index contributed by atoms with van der Waals surface area (Å²) in [6.45, 7) is 4.72. The topological polar surface area (TPSA) is 0 Å². The molecule has 3 saturated carbocycles. The molecule has 146 valence electrons. The van der Waals surface area contributed by atoms with Gasteiger partial charge in [-0.3, -0.25) is 0 Å². The molecule has 0 heterocycles. The lowest BCUT2D eigenvalue weighted by Crippen LogP contribution is -2.30. The summed E-state index contributed by atoms with van der Waals surface area (Å²) in [6, 6.07) is 0. The molecule has 0 aromatic heterocycles. The quantitative estimate of drug-likeness (QED) is 0.434. The highest BCUT2D eigenvalue weighted by Crippen LogP contribution is 2.46. The monoisotopic (exact) mass is 346 g/mol. The Morgan fingerprint density at radius 1 is 0.520 bits per heavy atom. The van der Waals surface area contributed by atoms with Gasteiger partial charge in [0.1, 0.15) is 0 Å². The Balaban J connectivity index is 1.38. The van der Waals surface area contributed by atoms with Crippen LogP contribution < -0.4 is 0 Å². The van der Waals surface area contributed by atoms with E-state index in [2.05, 4.69) is 13.8 Å². The van der Waals surface area contributed by atoms with Crippen molar-refractivity contribution in [2.24, 2.45) is 35.5 Å². The van der Waals surface area contributed by atoms with Gasteiger partial charge in [-0.2, -0.15) is 0 Å². The van der Waals surface area contributed by atoms with Crippen molar-refractivity contribution in [2.45, 2.75) is 123 Å². The highest BCUT2D eigenvalue weighted by atomic mass is 14.4. The Bertz CT molecular complexity index is 343. The van der Waals surface area contributed by atoms with Crippen LogP contribution in [-0.4, -0.2) is 0 Å². The lowest BCUT2D eigenvalue weighted by Gasteiger charge is -2.41. The van der Waals surface area contributed by atoms with Gasteiger partial charge in [0.25, 0.3) is 0 Å². The SMILES string of the molecule is CCCC[C@H]1CCC[C@@H](C2CCC(C3CCC(CCC)CC3)CC2)C1. The lowest BCUT2D eigenvalue weighted by atomic mass is 9.64. The van der Waals surface area contributed by atoms with Crippen molar-refractivity contribution in [2.75, 3.05) is 0 Å². The van der Waals surface area contributed by atoms with E-state index in [9.17, 15) is 0 Å². The van der Waals surface area contributed by atoms with Gasteiger partial charge in [0.15, 0.2) is 0 Å². The van der Waals surface area contributed by atoms with Gasteiger partial charge < -0.3 is 0 Å². The normalized spacial score (nSPS) is 40.1. The van der Waals surface area contributed by atoms with Gasteiger partial charge >= 0.3 is 0 Å². The minimum atomic E-state index is 1.08. The first-order valence-corrected chi connectivity index (χ1v) is 12.3. The number of rotatable bonds is 7. The van der Waals surface area contributed by atoms with Crippen LogP contribution in [0.1, 0.15) is 123 Å². The molecule has 0 aromatic rings. The van der Waals surface area contributed by atoms with Gasteiger partial charge in [-0.05, 0) is 80.5 Å². The van der Waals surface area contributed by atoms with Crippen molar-refractivity contribution >= 4 is 0 Å². The van der Waals surface area contributed by atoms with Crippen LogP contribution in [0.2, 0.25) is 0 Å². The molecule has 3 fully saturated rings. The fraction of sp³-hybridized carbons (Fsp3) is 1.00. The molecule has 0 aliphatic heterocycles. The average Bonchev–Trinajstić information content (AvgIpc) is 2.68. The maximum absolute atomic E-state index is 2.37. The summed E-state index contributed by atoms with van der Waals surface area (Å²) in [7, 11) is 0. The van der Waals surface area contributed by atoms with Gasteiger partial charge in [0.2, 0.25) is 0 Å². The third-order valence-electron chi connectivity index (χ3n) is 8.53. The third-order valence-corrected chi connectivity index (χ3v) is 8.53. The summed E-state index contributed by atoms with van der Waals surface area (Å²) in [6.07, 6.45) is 26.2. The first-order valence-electron chi connectivity index (χ1n) is 12.3. The Hall–Kier alpha value is 0. The van der Waals surface area contributed by atoms with E-state index in [4.69, 9.17) is 0 Å². The summed E-state index contributed by atoms with van der Waals surface area (Å²) in [5, 5.41) is 0. The summed E-state index contributed by atoms with van der Waals surface area (Å²) < 4.78 is 0. The maximum atomic E-state index is 2.37. The second-order valence-corrected chi connectivity index (χ2v) is 10.2. The van der Waals surface area contributed by atoms with Gasteiger partial charge in [0, 0.05) is 0 Å². The van der Waals surface area contributed by atoms with E-state index in [0.29, 0.717) is 0 Å². The second-order valence-electron chi connectivity index (χ2n) is 10.2. The van der Waals surface area contributed by atoms with E-state index in [1.807, 2.05) is 0 Å². The molecule has 25 heavy (non-hydrogen) atoms. The average molecular weight is 347 g/mol. The molecule has 0 nitrogen and oxygen atoms in total. The second kappa shape index (κ2) is 10.4. The predicted molar refractivity (Wildman–Crippen MR) is 111 cm³/mol. The van der Waals surface area contributed by atoms with Gasteiger partial charge in [-0.15, -0.1) is 0 Å². The molecule has 0 aromatic carbocycles. The number of hydrogen-bond donors (Lipinski definition) is 0. The molecule has 3 aliphatic rings. The number of unbranched alkanes of at least 4 members (excludes halogenated alkanes) is 1. The predicted octanol–water partition coefficient (Wildman–Crippen LogP) is 8.40. The molecular formula is C25H46. The molecule has 3 aliphatic carbocycles. The molecule has 0 radical (unpaired) electrons. The first-order chi connectivity index (χ1) is 12.3. The van der Waals surface area contributed by atoms with Crippen LogP contribution in [0.3, 0.4) is 0 Å². The molecule has 0 N–H and O–H groups in total. The fourth-order valence-corrected chi connectivity index (χ4v) is 6.96. The Morgan fingerprint density at radius 2 is 1.12 bits per heavy atom. The van der Waals surface area contributed by atoms with E-state index in [1.54, 1.807) is 77.0 Å². The molecule has 0 spiro atoms. The van der Waals surface area contributed by atoms with E-state index in [-0.39, 0.29) is 0 Å². The zero-order valence-electron chi connectivity index (χ0n) is 17.5. The summed E-state index contributed by atoms with van der Waals surface area (Å²) in [5.41, 5.74) is 0. The van der Waals surface area contributed by atoms with E-state index in [1.165, 1.54) is 32.1 Å². The molecular weight excluding hydrogens is 300 g/mol. The molecule has 0 bridgehead atoms. The van der Waals surface area contributed by atoms with Gasteiger partial charge in [-0.25, -0.2) is 0 Å². The Morgan fingerprint density at radius 3 is 1.72 bits per heavy atom. The van der Waals surface area contributed by atoms with Crippen molar-refractivity contribution in [1.82, 2.24) is 0 Å². The Labute approximate surface area is 158 Å². The zero-order chi connectivity index (χ0) is 17.5. The van der Waals surface area contributed by atoms with Gasteiger partial charge in [0.05, 0.1) is 0 Å². The minimum absolute atomic E-state index is 1.08. The summed E-state index contributed by atoms with van der Waals surface area (Å²) in [5.74, 6) is 6.61. The molecule has 0 heteroatoms. The van der Waals surface area contributed by atoms with Crippen LogP contribution in [-0.2, 0) is 0 Å². The van der Waals surface area contributed by atoms with E-state index < -0.39 is 0 Å². The van der Waals surface area contributed by atoms with Crippen molar-refractivity contribution in [3.8, 4) is 0 Å². The van der Waals surface area contributed by atoms with Crippen LogP contribution in [0.15, 0.2) is 0 Å². The summed E-state index contributed by atoms with van der Waals surface area (Å²) in [4.78, 5) is 0. The van der Waals surface area contributed by atoms with Crippen molar-refractivity contribution in [3.05, 3.63) is 0 Å². The molecule has 0 saturated heterocycles. The van der Waals surface area contributed by atoms with Crippen LogP contribution in [0.5, 0.6) is 0 Å². The number of hydrogen-bond acceptors (Lipinski definition) is 0. The smallest absolute Gasteiger partial charge is 0.0383 e. The van der Waals surface area contributed by atoms with Crippen molar-refractivity contribution in [3.63, 3.8) is 0 Å². The molecule has 0 amide bonds. The maximum Gasteiger partial charge on any atom is -0.0383 e. The third kappa shape index (κ3) is 5.74. The standard InChI is InChI=1S/C25H46/c1-3-5-8-21-9-6-10-25(19-21)24-17-15-23(16-18-24)22-13-11-20(7-4-2)12-14-22/h20-25H,3-19H2,1-2H3/t20?,21-,22?,23?,24?,25+/m0/s1. The first kappa shape index (κ1) is 19.8. The van der Waals surface area contributed by atoms with E-state index >= 15 is 0 Å². The fourth-order valence-electron chi connectivity index (χ4n) is 6.96. The highest BCUT2D eigenvalue weighted by Gasteiger charge is 2.34. The van der Waals surface area contributed by atoms with Crippen LogP contribution in [0.25, 0.3) is 0 Å². The van der Waals surface area contributed by atoms with Crippen LogP contribution in [0.4, 0.5) is 0 Å². The summed E-state index contributed by atoms with van der Waals surface area (Å²) >= 11 is 0. The lowest BCUT2D eigenvalue weighted by molar-refractivity contribution is 0.0983. The Kier molecular flexibility index (Phi) is 8.19. The van der Waals surface area contributed by atoms with Crippen LogP contribution in [0, 0.1) is 35.5 Å². The zero-order valence-corrected chi connectivity index (χ0v) is 17.5. The highest BCUT2D eigenvalue weighted by molar-refractivity contribution is 4.86. The van der Waals surface area contributed by atoms with Crippen LogP contribution >= 0.6 is 0 Å². The van der Waals surface area contributed by atoms with Gasteiger partial charge in [-0.1, -0.05) is 78.1 Å². The molecule has 3 rings (SSSR count). The minimum Gasteiger partial charge on any atom is -0.0654 e. The molecule has 0 unspecified atom stereocenters.